The van der Waals surface area contributed by atoms with Gasteiger partial charge < -0.3 is 15.2 Å². The molecular weight excluding hydrogens is 314 g/mol. The molecule has 0 radical (unpaired) electrons. The van der Waals surface area contributed by atoms with Gasteiger partial charge in [-0.15, -0.1) is 0 Å². The van der Waals surface area contributed by atoms with E-state index < -0.39 is 11.4 Å². The van der Waals surface area contributed by atoms with Crippen LogP contribution in [0.25, 0.3) is 0 Å². The van der Waals surface area contributed by atoms with Gasteiger partial charge in [0.1, 0.15) is 0 Å². The molecule has 23 heavy (non-hydrogen) atoms. The fourth-order valence-electron chi connectivity index (χ4n) is 3.05. The number of thiol groups is 1. The zero-order valence-electron chi connectivity index (χ0n) is 13.2. The van der Waals surface area contributed by atoms with Crippen LogP contribution in [0.15, 0.2) is 24.3 Å². The van der Waals surface area contributed by atoms with Crippen molar-refractivity contribution in [3.8, 4) is 0 Å². The molecule has 0 bridgehead atoms. The first-order valence-electron chi connectivity index (χ1n) is 7.75. The quantitative estimate of drug-likeness (QED) is 0.698. The Hall–Kier alpha value is -1.53. The molecule has 0 saturated heterocycles. The second kappa shape index (κ2) is 7.84. The number of benzene rings is 1. The maximum atomic E-state index is 12.8. The highest BCUT2D eigenvalue weighted by Crippen LogP contribution is 2.39. The van der Waals surface area contributed by atoms with E-state index in [1.807, 2.05) is 0 Å². The molecule has 0 unspecified atom stereocenters. The molecule has 1 aliphatic rings. The molecule has 1 saturated carbocycles. The van der Waals surface area contributed by atoms with Crippen LogP contribution in [-0.2, 0) is 20.7 Å². The highest BCUT2D eigenvalue weighted by molar-refractivity contribution is 7.80. The maximum absolute atomic E-state index is 12.8. The van der Waals surface area contributed by atoms with Crippen LogP contribution in [0.3, 0.4) is 0 Å². The van der Waals surface area contributed by atoms with Gasteiger partial charge in [-0.25, -0.2) is 0 Å². The van der Waals surface area contributed by atoms with E-state index in [-0.39, 0.29) is 18.4 Å². The Labute approximate surface area is 141 Å². The lowest BCUT2D eigenvalue weighted by atomic mass is 9.73. The van der Waals surface area contributed by atoms with Crippen molar-refractivity contribution in [3.63, 3.8) is 0 Å². The predicted molar refractivity (Wildman–Crippen MR) is 92.0 cm³/mol. The summed E-state index contributed by atoms with van der Waals surface area (Å²) in [6.07, 6.45) is 3.21. The number of carboxylic acids is 1. The standard InChI is InChI=1S/C17H23NO4S/c1-22-13-6-8-17(11-23,9-7-13)16(21)18-14-5-3-2-4-12(14)10-15(19)20/h2-5,13,23H,6-11H2,1H3,(H,18,21)(H,19,20). The number of rotatable bonds is 6. The monoisotopic (exact) mass is 337 g/mol. The fraction of sp³-hybridized carbons (Fsp3) is 0.529. The van der Waals surface area contributed by atoms with Gasteiger partial charge in [-0.3, -0.25) is 9.59 Å². The molecule has 0 aliphatic heterocycles. The van der Waals surface area contributed by atoms with E-state index in [0.29, 0.717) is 17.0 Å². The molecule has 1 fully saturated rings. The van der Waals surface area contributed by atoms with Crippen LogP contribution in [0, 0.1) is 5.41 Å². The van der Waals surface area contributed by atoms with Gasteiger partial charge in [-0.1, -0.05) is 18.2 Å². The van der Waals surface area contributed by atoms with Crippen molar-refractivity contribution in [1.82, 2.24) is 0 Å². The number of para-hydroxylation sites is 1. The first kappa shape index (κ1) is 17.8. The van der Waals surface area contributed by atoms with Gasteiger partial charge in [-0.2, -0.15) is 12.6 Å². The van der Waals surface area contributed by atoms with Crippen molar-refractivity contribution >= 4 is 30.2 Å². The van der Waals surface area contributed by atoms with Gasteiger partial charge in [-0.05, 0) is 37.3 Å². The van der Waals surface area contributed by atoms with E-state index in [4.69, 9.17) is 9.84 Å². The molecule has 1 aromatic carbocycles. The normalized spacial score (nSPS) is 24.2. The van der Waals surface area contributed by atoms with Crippen LogP contribution >= 0.6 is 12.6 Å². The summed E-state index contributed by atoms with van der Waals surface area (Å²) in [4.78, 5) is 23.8. The Morgan fingerprint density at radius 1 is 1.35 bits per heavy atom. The van der Waals surface area contributed by atoms with Crippen molar-refractivity contribution < 1.29 is 19.4 Å². The highest BCUT2D eigenvalue weighted by Gasteiger charge is 2.41. The summed E-state index contributed by atoms with van der Waals surface area (Å²) in [5, 5.41) is 11.9. The molecule has 1 amide bonds. The smallest absolute Gasteiger partial charge is 0.307 e. The Morgan fingerprint density at radius 2 is 2.00 bits per heavy atom. The van der Waals surface area contributed by atoms with Crippen molar-refractivity contribution in [2.24, 2.45) is 5.41 Å². The summed E-state index contributed by atoms with van der Waals surface area (Å²) in [5.41, 5.74) is 0.650. The summed E-state index contributed by atoms with van der Waals surface area (Å²) in [6, 6.07) is 7.02. The number of carbonyl (C=O) groups is 2. The van der Waals surface area contributed by atoms with Crippen LogP contribution in [0.5, 0.6) is 0 Å². The molecule has 2 N–H and O–H groups in total. The van der Waals surface area contributed by atoms with Gasteiger partial charge in [0, 0.05) is 18.6 Å². The lowest BCUT2D eigenvalue weighted by Gasteiger charge is -2.37. The van der Waals surface area contributed by atoms with E-state index in [1.54, 1.807) is 31.4 Å². The second-order valence-corrected chi connectivity index (χ2v) is 6.37. The van der Waals surface area contributed by atoms with Gasteiger partial charge in [0.2, 0.25) is 5.91 Å². The molecule has 0 heterocycles. The van der Waals surface area contributed by atoms with E-state index in [0.717, 1.165) is 25.7 Å². The molecular formula is C17H23NO4S. The first-order valence-corrected chi connectivity index (χ1v) is 8.39. The van der Waals surface area contributed by atoms with Crippen molar-refractivity contribution in [3.05, 3.63) is 29.8 Å². The summed E-state index contributed by atoms with van der Waals surface area (Å²) < 4.78 is 5.37. The molecule has 1 aromatic rings. The Balaban J connectivity index is 2.13. The number of carboxylic acid groups (broad SMARTS) is 1. The molecule has 6 heteroatoms. The predicted octanol–water partition coefficient (Wildman–Crippen LogP) is 2.76. The average Bonchev–Trinajstić information content (AvgIpc) is 2.56. The second-order valence-electron chi connectivity index (χ2n) is 6.06. The van der Waals surface area contributed by atoms with Crippen molar-refractivity contribution in [1.29, 1.82) is 0 Å². The summed E-state index contributed by atoms with van der Waals surface area (Å²) in [6.45, 7) is 0. The highest BCUT2D eigenvalue weighted by atomic mass is 32.1. The third kappa shape index (κ3) is 4.26. The third-order valence-corrected chi connectivity index (χ3v) is 5.22. The van der Waals surface area contributed by atoms with Crippen molar-refractivity contribution in [2.75, 3.05) is 18.2 Å². The zero-order valence-corrected chi connectivity index (χ0v) is 14.1. The number of anilines is 1. The molecule has 2 rings (SSSR count). The van der Waals surface area contributed by atoms with Gasteiger partial charge in [0.05, 0.1) is 17.9 Å². The minimum atomic E-state index is -0.920. The van der Waals surface area contributed by atoms with Crippen molar-refractivity contribution in [2.45, 2.75) is 38.2 Å². The number of hydrogen-bond acceptors (Lipinski definition) is 4. The fourth-order valence-corrected chi connectivity index (χ4v) is 3.51. The summed E-state index contributed by atoms with van der Waals surface area (Å²) >= 11 is 4.40. The van der Waals surface area contributed by atoms with E-state index in [2.05, 4.69) is 17.9 Å². The Kier molecular flexibility index (Phi) is 6.07. The number of nitrogens with one attached hydrogen (secondary N) is 1. The summed E-state index contributed by atoms with van der Waals surface area (Å²) in [5.74, 6) is -0.535. The molecule has 0 spiro atoms. The topological polar surface area (TPSA) is 75.6 Å². The first-order chi connectivity index (χ1) is 11.0. The third-order valence-electron chi connectivity index (χ3n) is 4.61. The number of carbonyl (C=O) groups excluding carboxylic acids is 1. The number of aliphatic carboxylic acids is 1. The van der Waals surface area contributed by atoms with Crippen LogP contribution < -0.4 is 5.32 Å². The Morgan fingerprint density at radius 3 is 2.57 bits per heavy atom. The molecule has 1 aliphatic carbocycles. The minimum absolute atomic E-state index is 0.0834. The number of ether oxygens (including phenoxy) is 1. The largest absolute Gasteiger partial charge is 0.481 e. The Bertz CT molecular complexity index is 567. The van der Waals surface area contributed by atoms with E-state index in [9.17, 15) is 9.59 Å². The van der Waals surface area contributed by atoms with Gasteiger partial charge >= 0.3 is 5.97 Å². The lowest BCUT2D eigenvalue weighted by molar-refractivity contribution is -0.136. The van der Waals surface area contributed by atoms with Crippen LogP contribution in [-0.4, -0.2) is 35.9 Å². The number of hydrogen-bond donors (Lipinski definition) is 3. The number of methoxy groups -OCH3 is 1. The van der Waals surface area contributed by atoms with Gasteiger partial charge in [0.25, 0.3) is 0 Å². The van der Waals surface area contributed by atoms with Crippen LogP contribution in [0.1, 0.15) is 31.2 Å². The molecule has 126 valence electrons. The maximum Gasteiger partial charge on any atom is 0.307 e. The average molecular weight is 337 g/mol. The molecule has 5 nitrogen and oxygen atoms in total. The van der Waals surface area contributed by atoms with Gasteiger partial charge in [0.15, 0.2) is 0 Å². The zero-order chi connectivity index (χ0) is 16.9. The minimum Gasteiger partial charge on any atom is -0.481 e. The molecule has 0 aromatic heterocycles. The van der Waals surface area contributed by atoms with Crippen LogP contribution in [0.2, 0.25) is 0 Å². The lowest BCUT2D eigenvalue weighted by Crippen LogP contribution is -2.42. The SMILES string of the molecule is COC1CCC(CS)(C(=O)Nc2ccccc2CC(=O)O)CC1. The summed E-state index contributed by atoms with van der Waals surface area (Å²) in [7, 11) is 1.70. The van der Waals surface area contributed by atoms with E-state index >= 15 is 0 Å². The van der Waals surface area contributed by atoms with Crippen LogP contribution in [0.4, 0.5) is 5.69 Å². The van der Waals surface area contributed by atoms with E-state index in [1.165, 1.54) is 0 Å². The molecule has 0 atom stereocenters. The number of amides is 1.